The van der Waals surface area contributed by atoms with Gasteiger partial charge in [0.1, 0.15) is 6.04 Å². The second-order valence-corrected chi connectivity index (χ2v) is 7.39. The highest BCUT2D eigenvalue weighted by Gasteiger charge is 2.29. The van der Waals surface area contributed by atoms with Gasteiger partial charge in [-0.05, 0) is 35.2 Å². The normalized spacial score (nSPS) is 18.9. The van der Waals surface area contributed by atoms with E-state index in [9.17, 15) is 4.79 Å². The van der Waals surface area contributed by atoms with Crippen LogP contribution in [-0.2, 0) is 17.9 Å². The van der Waals surface area contributed by atoms with Gasteiger partial charge in [0.15, 0.2) is 0 Å². The molecule has 1 amide bonds. The van der Waals surface area contributed by atoms with Crippen molar-refractivity contribution in [1.29, 1.82) is 0 Å². The number of hydrogen-bond acceptors (Lipinski definition) is 4. The largest absolute Gasteiger partial charge is 0.351 e. The number of hydrogen-bond donors (Lipinski definition) is 3. The Morgan fingerprint density at radius 1 is 1.18 bits per heavy atom. The van der Waals surface area contributed by atoms with Gasteiger partial charge in [0.2, 0.25) is 5.91 Å². The van der Waals surface area contributed by atoms with Crippen LogP contribution in [0.25, 0.3) is 0 Å². The van der Waals surface area contributed by atoms with Gasteiger partial charge in [0, 0.05) is 36.5 Å². The second kappa shape index (κ2) is 8.56. The van der Waals surface area contributed by atoms with Gasteiger partial charge >= 0.3 is 0 Å². The van der Waals surface area contributed by atoms with Gasteiger partial charge < -0.3 is 9.88 Å². The number of amides is 1. The monoisotopic (exact) mass is 395 g/mol. The third kappa shape index (κ3) is 4.59. The van der Waals surface area contributed by atoms with E-state index in [0.717, 1.165) is 17.7 Å². The number of nitrogens with one attached hydrogen (secondary N) is 3. The molecular weight excluding hydrogens is 374 g/mol. The number of halogens is 1. The summed E-state index contributed by atoms with van der Waals surface area (Å²) in [6.07, 6.45) is 6.17. The van der Waals surface area contributed by atoms with Crippen LogP contribution in [0.1, 0.15) is 29.2 Å². The summed E-state index contributed by atoms with van der Waals surface area (Å²) >= 11 is 6.06. The molecule has 28 heavy (non-hydrogen) atoms. The Bertz CT molecular complexity index is 943. The quantitative estimate of drug-likeness (QED) is 0.600. The van der Waals surface area contributed by atoms with Crippen molar-refractivity contribution in [1.82, 2.24) is 25.7 Å². The van der Waals surface area contributed by atoms with E-state index in [-0.39, 0.29) is 18.0 Å². The molecule has 3 aromatic rings. The van der Waals surface area contributed by atoms with Crippen molar-refractivity contribution in [2.75, 3.05) is 0 Å². The fourth-order valence-corrected chi connectivity index (χ4v) is 3.61. The SMILES string of the molecule is O=C(NCc1cccc(Cn2ccnc2)c1)C1CC(c2cccc(Cl)c2)NN1. The highest BCUT2D eigenvalue weighted by molar-refractivity contribution is 6.30. The molecule has 2 unspecified atom stereocenters. The van der Waals surface area contributed by atoms with E-state index in [0.29, 0.717) is 18.0 Å². The summed E-state index contributed by atoms with van der Waals surface area (Å²) in [4.78, 5) is 16.6. The van der Waals surface area contributed by atoms with Gasteiger partial charge in [-0.15, -0.1) is 0 Å². The van der Waals surface area contributed by atoms with Gasteiger partial charge in [-0.1, -0.05) is 48.0 Å². The molecule has 0 bridgehead atoms. The lowest BCUT2D eigenvalue weighted by Crippen LogP contribution is -2.42. The molecule has 0 radical (unpaired) electrons. The molecule has 1 aromatic heterocycles. The predicted octanol–water partition coefficient (Wildman–Crippen LogP) is 2.81. The van der Waals surface area contributed by atoms with Crippen LogP contribution in [0.5, 0.6) is 0 Å². The molecule has 0 saturated carbocycles. The van der Waals surface area contributed by atoms with E-state index < -0.39 is 0 Å². The van der Waals surface area contributed by atoms with Gasteiger partial charge in [0.05, 0.1) is 6.33 Å². The minimum absolute atomic E-state index is 0.0166. The van der Waals surface area contributed by atoms with E-state index in [1.54, 1.807) is 12.5 Å². The zero-order chi connectivity index (χ0) is 19.3. The Morgan fingerprint density at radius 2 is 2.04 bits per heavy atom. The molecular formula is C21H22ClN5O. The van der Waals surface area contributed by atoms with Gasteiger partial charge in [0.25, 0.3) is 0 Å². The molecule has 7 heteroatoms. The number of nitrogens with zero attached hydrogens (tertiary/aromatic N) is 2. The van der Waals surface area contributed by atoms with Crippen LogP contribution in [-0.4, -0.2) is 21.5 Å². The first-order valence-corrected chi connectivity index (χ1v) is 9.63. The maximum atomic E-state index is 12.6. The maximum absolute atomic E-state index is 12.6. The summed E-state index contributed by atoms with van der Waals surface area (Å²) in [6.45, 7) is 1.26. The predicted molar refractivity (Wildman–Crippen MR) is 108 cm³/mol. The van der Waals surface area contributed by atoms with Crippen molar-refractivity contribution in [3.8, 4) is 0 Å². The van der Waals surface area contributed by atoms with Crippen LogP contribution in [0, 0.1) is 0 Å². The summed E-state index contributed by atoms with van der Waals surface area (Å²) in [5.74, 6) is -0.0166. The van der Waals surface area contributed by atoms with Crippen LogP contribution < -0.4 is 16.2 Å². The van der Waals surface area contributed by atoms with Crippen molar-refractivity contribution in [2.45, 2.75) is 31.6 Å². The van der Waals surface area contributed by atoms with E-state index in [2.05, 4.69) is 33.3 Å². The molecule has 4 rings (SSSR count). The van der Waals surface area contributed by atoms with Crippen LogP contribution in [0.2, 0.25) is 5.02 Å². The maximum Gasteiger partial charge on any atom is 0.238 e. The lowest BCUT2D eigenvalue weighted by molar-refractivity contribution is -0.123. The molecule has 0 spiro atoms. The summed E-state index contributed by atoms with van der Waals surface area (Å²) < 4.78 is 2.02. The Hall–Kier alpha value is -2.67. The van der Waals surface area contributed by atoms with Crippen molar-refractivity contribution in [2.24, 2.45) is 0 Å². The Labute approximate surface area is 168 Å². The zero-order valence-electron chi connectivity index (χ0n) is 15.3. The summed E-state index contributed by atoms with van der Waals surface area (Å²) in [5.41, 5.74) is 9.59. The summed E-state index contributed by atoms with van der Waals surface area (Å²) in [5, 5.41) is 3.72. The number of aromatic nitrogens is 2. The Balaban J connectivity index is 1.31. The molecule has 1 aliphatic rings. The number of benzene rings is 2. The average Bonchev–Trinajstić information content (AvgIpc) is 3.38. The fraction of sp³-hybridized carbons (Fsp3) is 0.238. The highest BCUT2D eigenvalue weighted by Crippen LogP contribution is 2.24. The molecule has 0 aliphatic carbocycles. The number of rotatable bonds is 6. The molecule has 3 N–H and O–H groups in total. The molecule has 2 atom stereocenters. The molecule has 144 valence electrons. The van der Waals surface area contributed by atoms with Crippen molar-refractivity contribution < 1.29 is 4.79 Å². The molecule has 2 heterocycles. The molecule has 6 nitrogen and oxygen atoms in total. The number of carbonyl (C=O) groups is 1. The summed E-state index contributed by atoms with van der Waals surface area (Å²) in [7, 11) is 0. The van der Waals surface area contributed by atoms with E-state index in [4.69, 9.17) is 11.6 Å². The topological polar surface area (TPSA) is 71.0 Å². The lowest BCUT2D eigenvalue weighted by atomic mass is 10.0. The minimum Gasteiger partial charge on any atom is -0.351 e. The van der Waals surface area contributed by atoms with Crippen LogP contribution in [0.15, 0.2) is 67.3 Å². The van der Waals surface area contributed by atoms with Gasteiger partial charge in [-0.3, -0.25) is 4.79 Å². The van der Waals surface area contributed by atoms with Gasteiger partial charge in [-0.25, -0.2) is 15.8 Å². The van der Waals surface area contributed by atoms with Crippen molar-refractivity contribution in [3.63, 3.8) is 0 Å². The zero-order valence-corrected chi connectivity index (χ0v) is 16.1. The Kier molecular flexibility index (Phi) is 5.71. The average molecular weight is 396 g/mol. The van der Waals surface area contributed by atoms with E-state index in [1.807, 2.05) is 47.2 Å². The van der Waals surface area contributed by atoms with Crippen LogP contribution in [0.3, 0.4) is 0 Å². The highest BCUT2D eigenvalue weighted by atomic mass is 35.5. The summed E-state index contributed by atoms with van der Waals surface area (Å²) in [6, 6.07) is 15.7. The molecule has 2 aromatic carbocycles. The third-order valence-electron chi connectivity index (χ3n) is 4.85. The smallest absolute Gasteiger partial charge is 0.238 e. The van der Waals surface area contributed by atoms with Crippen LogP contribution in [0.4, 0.5) is 0 Å². The van der Waals surface area contributed by atoms with Gasteiger partial charge in [-0.2, -0.15) is 0 Å². The Morgan fingerprint density at radius 3 is 2.86 bits per heavy atom. The minimum atomic E-state index is -0.280. The van der Waals surface area contributed by atoms with Crippen molar-refractivity contribution >= 4 is 17.5 Å². The van der Waals surface area contributed by atoms with E-state index >= 15 is 0 Å². The number of imidazole rings is 1. The second-order valence-electron chi connectivity index (χ2n) is 6.96. The van der Waals surface area contributed by atoms with Crippen LogP contribution >= 0.6 is 11.6 Å². The molecule has 1 saturated heterocycles. The van der Waals surface area contributed by atoms with Crippen molar-refractivity contribution in [3.05, 3.63) is 89.0 Å². The first-order chi connectivity index (χ1) is 13.7. The fourth-order valence-electron chi connectivity index (χ4n) is 3.41. The lowest BCUT2D eigenvalue weighted by Gasteiger charge is -2.12. The third-order valence-corrected chi connectivity index (χ3v) is 5.09. The first-order valence-electron chi connectivity index (χ1n) is 9.25. The molecule has 1 aliphatic heterocycles. The standard InChI is InChI=1S/C21H22ClN5O/c22-18-6-2-5-17(10-18)19-11-20(26-25-19)21(28)24-12-15-3-1-4-16(9-15)13-27-8-7-23-14-27/h1-10,14,19-20,25-26H,11-13H2,(H,24,28). The number of carbonyl (C=O) groups excluding carboxylic acids is 1. The number of hydrazine groups is 1. The first kappa shape index (κ1) is 18.7. The van der Waals surface area contributed by atoms with E-state index in [1.165, 1.54) is 5.56 Å². The molecule has 1 fully saturated rings.